The van der Waals surface area contributed by atoms with Crippen LogP contribution in [0.2, 0.25) is 5.02 Å². The molecule has 0 bridgehead atoms. The summed E-state index contributed by atoms with van der Waals surface area (Å²) in [6.07, 6.45) is 1.44. The lowest BCUT2D eigenvalue weighted by molar-refractivity contribution is 0.554. The van der Waals surface area contributed by atoms with Gasteiger partial charge in [-0.15, -0.1) is 0 Å². The number of rotatable bonds is 0. The van der Waals surface area contributed by atoms with Gasteiger partial charge in [0.05, 0.1) is 5.02 Å². The number of benzene rings is 1. The zero-order chi connectivity index (χ0) is 10.3. The fourth-order valence-corrected chi connectivity index (χ4v) is 1.71. The zero-order valence-corrected chi connectivity index (χ0v) is 9.22. The Bertz CT molecular complexity index is 468. The average Bonchev–Trinajstić information content (AvgIpc) is 2.50. The summed E-state index contributed by atoms with van der Waals surface area (Å²) in [6, 6.07) is 3.86. The van der Waals surface area contributed by atoms with Gasteiger partial charge in [0.1, 0.15) is 5.52 Å². The van der Waals surface area contributed by atoms with E-state index in [1.807, 2.05) is 12.1 Å². The van der Waals surface area contributed by atoms with E-state index in [2.05, 4.69) is 25.8 Å². The Balaban J connectivity index is 2.80. The molecule has 0 atom stereocenters. The van der Waals surface area contributed by atoms with Gasteiger partial charge < -0.3 is 4.42 Å². The fraction of sp³-hybridized carbons (Fsp3) is 0.364. The molecular weight excluding hydrogens is 198 g/mol. The lowest BCUT2D eigenvalue weighted by Crippen LogP contribution is -2.11. The van der Waals surface area contributed by atoms with Gasteiger partial charge in [0.15, 0.2) is 12.0 Å². The first-order chi connectivity index (χ1) is 6.50. The highest BCUT2D eigenvalue weighted by Crippen LogP contribution is 2.32. The quantitative estimate of drug-likeness (QED) is 0.660. The van der Waals surface area contributed by atoms with E-state index in [-0.39, 0.29) is 5.41 Å². The van der Waals surface area contributed by atoms with Crippen molar-refractivity contribution in [3.63, 3.8) is 0 Å². The minimum absolute atomic E-state index is 0.0440. The summed E-state index contributed by atoms with van der Waals surface area (Å²) in [5, 5.41) is 0.641. The molecule has 0 saturated heterocycles. The molecule has 0 unspecified atom stereocenters. The van der Waals surface area contributed by atoms with E-state index >= 15 is 0 Å². The van der Waals surface area contributed by atoms with Gasteiger partial charge in [0, 0.05) is 5.56 Å². The van der Waals surface area contributed by atoms with Crippen LogP contribution < -0.4 is 0 Å². The van der Waals surface area contributed by atoms with E-state index in [0.29, 0.717) is 5.02 Å². The first-order valence-electron chi connectivity index (χ1n) is 4.52. The second-order valence-electron chi connectivity index (χ2n) is 4.38. The number of hydrogen-bond acceptors (Lipinski definition) is 2. The number of aromatic nitrogens is 1. The van der Waals surface area contributed by atoms with Crippen molar-refractivity contribution in [3.8, 4) is 0 Å². The third-order valence-electron chi connectivity index (χ3n) is 2.24. The molecule has 0 radical (unpaired) electrons. The van der Waals surface area contributed by atoms with Gasteiger partial charge in [0.25, 0.3) is 0 Å². The van der Waals surface area contributed by atoms with E-state index in [1.54, 1.807) is 0 Å². The minimum Gasteiger partial charge on any atom is -0.443 e. The number of nitrogens with zero attached hydrogens (tertiary/aromatic N) is 1. The topological polar surface area (TPSA) is 26.0 Å². The molecule has 2 aromatic rings. The van der Waals surface area contributed by atoms with Gasteiger partial charge in [-0.1, -0.05) is 38.4 Å². The molecule has 0 spiro atoms. The lowest BCUT2D eigenvalue weighted by Gasteiger charge is -2.18. The molecule has 14 heavy (non-hydrogen) atoms. The summed E-state index contributed by atoms with van der Waals surface area (Å²) < 4.78 is 5.36. The Labute approximate surface area is 87.9 Å². The third-order valence-corrected chi connectivity index (χ3v) is 2.55. The Morgan fingerprint density at radius 1 is 1.29 bits per heavy atom. The number of fused-ring (bicyclic) bond motifs is 1. The van der Waals surface area contributed by atoms with Gasteiger partial charge in [0.2, 0.25) is 0 Å². The van der Waals surface area contributed by atoms with Crippen LogP contribution in [0.25, 0.3) is 11.1 Å². The molecule has 0 aliphatic carbocycles. The van der Waals surface area contributed by atoms with Gasteiger partial charge in [-0.2, -0.15) is 0 Å². The SMILES string of the molecule is CC(C)(C)c1ccc(Cl)c2ncoc12. The maximum Gasteiger partial charge on any atom is 0.182 e. The Hall–Kier alpha value is -1.02. The molecule has 74 valence electrons. The molecule has 0 aliphatic rings. The standard InChI is InChI=1S/C11H12ClNO/c1-11(2,3)7-4-5-8(12)9-10(7)14-6-13-9/h4-6H,1-3H3. The van der Waals surface area contributed by atoms with Crippen LogP contribution in [0, 0.1) is 0 Å². The molecule has 0 N–H and O–H groups in total. The van der Waals surface area contributed by atoms with Crippen LogP contribution in [0.1, 0.15) is 26.3 Å². The summed E-state index contributed by atoms with van der Waals surface area (Å²) in [6.45, 7) is 6.41. The van der Waals surface area contributed by atoms with Crippen LogP contribution >= 0.6 is 11.6 Å². The molecule has 0 amide bonds. The Morgan fingerprint density at radius 2 is 2.00 bits per heavy atom. The van der Waals surface area contributed by atoms with Crippen LogP contribution in [0.3, 0.4) is 0 Å². The van der Waals surface area contributed by atoms with E-state index in [4.69, 9.17) is 16.0 Å². The first kappa shape index (κ1) is 9.53. The average molecular weight is 210 g/mol. The number of oxazole rings is 1. The van der Waals surface area contributed by atoms with Crippen molar-refractivity contribution in [1.82, 2.24) is 4.98 Å². The second kappa shape index (κ2) is 2.99. The molecule has 2 rings (SSSR count). The minimum atomic E-state index is 0.0440. The van der Waals surface area contributed by atoms with Crippen molar-refractivity contribution in [2.75, 3.05) is 0 Å². The second-order valence-corrected chi connectivity index (χ2v) is 4.78. The maximum absolute atomic E-state index is 6.00. The molecular formula is C11H12ClNO. The van der Waals surface area contributed by atoms with E-state index < -0.39 is 0 Å². The smallest absolute Gasteiger partial charge is 0.182 e. The van der Waals surface area contributed by atoms with E-state index in [9.17, 15) is 0 Å². The largest absolute Gasteiger partial charge is 0.443 e. The molecule has 0 aliphatic heterocycles. The molecule has 0 saturated carbocycles. The number of hydrogen-bond donors (Lipinski definition) is 0. The van der Waals surface area contributed by atoms with Crippen molar-refractivity contribution in [3.05, 3.63) is 29.1 Å². The monoisotopic (exact) mass is 209 g/mol. The summed E-state index contributed by atoms with van der Waals surface area (Å²) in [5.41, 5.74) is 2.72. The van der Waals surface area contributed by atoms with Crippen LogP contribution in [0.4, 0.5) is 0 Å². The molecule has 0 fully saturated rings. The molecule has 1 aromatic carbocycles. The Morgan fingerprint density at radius 3 is 2.64 bits per heavy atom. The fourth-order valence-electron chi connectivity index (χ4n) is 1.51. The van der Waals surface area contributed by atoms with E-state index in [1.165, 1.54) is 6.39 Å². The van der Waals surface area contributed by atoms with Crippen LogP contribution in [0.15, 0.2) is 22.9 Å². The van der Waals surface area contributed by atoms with E-state index in [0.717, 1.165) is 16.7 Å². The van der Waals surface area contributed by atoms with Crippen molar-refractivity contribution >= 4 is 22.7 Å². The number of halogens is 1. The van der Waals surface area contributed by atoms with Crippen molar-refractivity contribution in [2.24, 2.45) is 0 Å². The highest BCUT2D eigenvalue weighted by Gasteiger charge is 2.20. The highest BCUT2D eigenvalue weighted by atomic mass is 35.5. The predicted octanol–water partition coefficient (Wildman–Crippen LogP) is 3.78. The normalized spacial score (nSPS) is 12.3. The first-order valence-corrected chi connectivity index (χ1v) is 4.90. The van der Waals surface area contributed by atoms with Crippen molar-refractivity contribution in [2.45, 2.75) is 26.2 Å². The molecule has 3 heteroatoms. The maximum atomic E-state index is 6.00. The Kier molecular flexibility index (Phi) is 2.04. The highest BCUT2D eigenvalue weighted by molar-refractivity contribution is 6.34. The zero-order valence-electron chi connectivity index (χ0n) is 8.47. The summed E-state index contributed by atoms with van der Waals surface area (Å²) in [5.74, 6) is 0. The van der Waals surface area contributed by atoms with Gasteiger partial charge in [-0.25, -0.2) is 4.98 Å². The predicted molar refractivity (Wildman–Crippen MR) is 57.7 cm³/mol. The van der Waals surface area contributed by atoms with Crippen molar-refractivity contribution in [1.29, 1.82) is 0 Å². The molecule has 1 aromatic heterocycles. The van der Waals surface area contributed by atoms with Crippen LogP contribution in [0.5, 0.6) is 0 Å². The lowest BCUT2D eigenvalue weighted by atomic mass is 9.86. The molecule has 1 heterocycles. The van der Waals surface area contributed by atoms with Gasteiger partial charge >= 0.3 is 0 Å². The summed E-state index contributed by atoms with van der Waals surface area (Å²) in [7, 11) is 0. The third kappa shape index (κ3) is 1.40. The van der Waals surface area contributed by atoms with Crippen LogP contribution in [-0.4, -0.2) is 4.98 Å². The van der Waals surface area contributed by atoms with Crippen LogP contribution in [-0.2, 0) is 5.41 Å². The van der Waals surface area contributed by atoms with Gasteiger partial charge in [-0.05, 0) is 11.5 Å². The van der Waals surface area contributed by atoms with Gasteiger partial charge in [-0.3, -0.25) is 0 Å². The summed E-state index contributed by atoms with van der Waals surface area (Å²) in [4.78, 5) is 4.09. The van der Waals surface area contributed by atoms with Crippen molar-refractivity contribution < 1.29 is 4.42 Å². The summed E-state index contributed by atoms with van der Waals surface area (Å²) >= 11 is 6.00. The molecule has 2 nitrogen and oxygen atoms in total.